The molecule has 21 heavy (non-hydrogen) atoms. The highest BCUT2D eigenvalue weighted by molar-refractivity contribution is 7.99. The van der Waals surface area contributed by atoms with E-state index in [9.17, 15) is 9.18 Å². The molecule has 1 N–H and O–H groups in total. The molecule has 0 fully saturated rings. The molecule has 0 bridgehead atoms. The largest absolute Gasteiger partial charge is 0.324 e. The summed E-state index contributed by atoms with van der Waals surface area (Å²) in [7, 11) is 0. The first-order valence-corrected chi connectivity index (χ1v) is 7.95. The second kappa shape index (κ2) is 8.05. The van der Waals surface area contributed by atoms with E-state index in [1.807, 2.05) is 30.3 Å². The van der Waals surface area contributed by atoms with Gasteiger partial charge in [0.1, 0.15) is 0 Å². The summed E-state index contributed by atoms with van der Waals surface area (Å²) in [5, 5.41) is 2.55. The zero-order valence-electron chi connectivity index (χ0n) is 11.3. The number of hydrogen-bond acceptors (Lipinski definition) is 2. The molecule has 0 atom stereocenters. The van der Waals surface area contributed by atoms with Crippen LogP contribution < -0.4 is 5.32 Å². The van der Waals surface area contributed by atoms with E-state index in [-0.39, 0.29) is 16.6 Å². The first-order valence-electron chi connectivity index (χ1n) is 6.58. The van der Waals surface area contributed by atoms with Gasteiger partial charge in [0.25, 0.3) is 0 Å². The lowest BCUT2D eigenvalue weighted by Gasteiger charge is -2.07. The monoisotopic (exact) mass is 323 g/mol. The van der Waals surface area contributed by atoms with E-state index in [2.05, 4.69) is 5.32 Å². The van der Waals surface area contributed by atoms with Crippen LogP contribution in [0.3, 0.4) is 0 Å². The highest BCUT2D eigenvalue weighted by Gasteiger charge is 2.09. The van der Waals surface area contributed by atoms with Crippen molar-refractivity contribution in [3.63, 3.8) is 0 Å². The summed E-state index contributed by atoms with van der Waals surface area (Å²) >= 11 is 7.36. The van der Waals surface area contributed by atoms with Crippen LogP contribution in [0, 0.1) is 5.82 Å². The molecule has 0 radical (unpaired) electrons. The van der Waals surface area contributed by atoms with Gasteiger partial charge in [0.05, 0.1) is 10.7 Å². The van der Waals surface area contributed by atoms with E-state index >= 15 is 0 Å². The second-order valence-corrected chi connectivity index (χ2v) is 5.99. The average molecular weight is 324 g/mol. The summed E-state index contributed by atoms with van der Waals surface area (Å²) in [4.78, 5) is 12.9. The maximum absolute atomic E-state index is 13.6. The number of thioether (sulfide) groups is 1. The third-order valence-electron chi connectivity index (χ3n) is 2.79. The van der Waals surface area contributed by atoms with Gasteiger partial charge in [-0.1, -0.05) is 35.9 Å². The Kier molecular flexibility index (Phi) is 6.08. The highest BCUT2D eigenvalue weighted by atomic mass is 35.5. The number of amides is 1. The Morgan fingerprint density at radius 1 is 1.14 bits per heavy atom. The molecular formula is C16H15ClFNOS. The quantitative estimate of drug-likeness (QED) is 0.599. The van der Waals surface area contributed by atoms with Gasteiger partial charge < -0.3 is 5.32 Å². The summed E-state index contributed by atoms with van der Waals surface area (Å²) in [6, 6.07) is 14.6. The molecule has 0 unspecified atom stereocenters. The summed E-state index contributed by atoms with van der Waals surface area (Å²) in [5.74, 6) is 0.0474. The van der Waals surface area contributed by atoms with Crippen molar-refractivity contribution in [2.45, 2.75) is 17.7 Å². The number of benzene rings is 2. The first-order chi connectivity index (χ1) is 10.2. The maximum Gasteiger partial charge on any atom is 0.224 e. The molecule has 0 aliphatic carbocycles. The lowest BCUT2D eigenvalue weighted by atomic mass is 10.2. The van der Waals surface area contributed by atoms with Crippen molar-refractivity contribution in [3.8, 4) is 0 Å². The summed E-state index contributed by atoms with van der Waals surface area (Å²) in [5.41, 5.74) is 0.128. The van der Waals surface area contributed by atoms with E-state index in [0.29, 0.717) is 6.42 Å². The van der Waals surface area contributed by atoms with Gasteiger partial charge in [-0.2, -0.15) is 0 Å². The Bertz CT molecular complexity index is 606. The van der Waals surface area contributed by atoms with Crippen molar-refractivity contribution in [2.24, 2.45) is 0 Å². The van der Waals surface area contributed by atoms with Gasteiger partial charge in [0.15, 0.2) is 5.82 Å². The number of carbonyl (C=O) groups excluding carboxylic acids is 1. The number of hydrogen-bond donors (Lipinski definition) is 1. The van der Waals surface area contributed by atoms with Crippen LogP contribution in [0.5, 0.6) is 0 Å². The second-order valence-electron chi connectivity index (χ2n) is 4.41. The van der Waals surface area contributed by atoms with Crippen molar-refractivity contribution in [3.05, 3.63) is 59.4 Å². The van der Waals surface area contributed by atoms with Crippen LogP contribution in [-0.2, 0) is 4.79 Å². The van der Waals surface area contributed by atoms with Gasteiger partial charge in [-0.15, -0.1) is 11.8 Å². The smallest absolute Gasteiger partial charge is 0.224 e. The van der Waals surface area contributed by atoms with E-state index in [1.165, 1.54) is 17.0 Å². The Morgan fingerprint density at radius 3 is 2.67 bits per heavy atom. The number of anilines is 1. The van der Waals surface area contributed by atoms with Crippen LogP contribution in [0.15, 0.2) is 53.4 Å². The minimum Gasteiger partial charge on any atom is -0.324 e. The zero-order chi connectivity index (χ0) is 15.1. The molecular weight excluding hydrogens is 309 g/mol. The molecule has 2 aromatic carbocycles. The van der Waals surface area contributed by atoms with Crippen LogP contribution in [0.2, 0.25) is 5.02 Å². The van der Waals surface area contributed by atoms with Crippen molar-refractivity contribution in [1.29, 1.82) is 0 Å². The molecule has 0 saturated heterocycles. The molecule has 0 aromatic heterocycles. The Hall–Kier alpha value is -1.52. The molecule has 1 amide bonds. The zero-order valence-corrected chi connectivity index (χ0v) is 12.9. The highest BCUT2D eigenvalue weighted by Crippen LogP contribution is 2.22. The lowest BCUT2D eigenvalue weighted by Crippen LogP contribution is -2.12. The van der Waals surface area contributed by atoms with Gasteiger partial charge in [0, 0.05) is 11.3 Å². The lowest BCUT2D eigenvalue weighted by molar-refractivity contribution is -0.116. The Balaban J connectivity index is 1.74. The average Bonchev–Trinajstić information content (AvgIpc) is 2.49. The van der Waals surface area contributed by atoms with Gasteiger partial charge in [0.2, 0.25) is 5.91 Å². The fraction of sp³-hybridized carbons (Fsp3) is 0.188. The van der Waals surface area contributed by atoms with E-state index in [1.54, 1.807) is 17.8 Å². The molecule has 2 rings (SSSR count). The number of halogens is 2. The van der Waals surface area contributed by atoms with E-state index in [0.717, 1.165) is 12.2 Å². The van der Waals surface area contributed by atoms with Crippen molar-refractivity contribution in [1.82, 2.24) is 0 Å². The molecule has 0 aliphatic rings. The van der Waals surface area contributed by atoms with Crippen molar-refractivity contribution < 1.29 is 9.18 Å². The number of nitrogens with one attached hydrogen (secondary N) is 1. The summed E-state index contributed by atoms with van der Waals surface area (Å²) in [6.07, 6.45) is 1.08. The molecule has 2 aromatic rings. The maximum atomic E-state index is 13.6. The predicted octanol–water partition coefficient (Wildman–Crippen LogP) is 4.99. The molecule has 0 saturated carbocycles. The van der Waals surface area contributed by atoms with Crippen molar-refractivity contribution >= 4 is 35.0 Å². The van der Waals surface area contributed by atoms with E-state index in [4.69, 9.17) is 11.6 Å². The standard InChI is InChI=1S/C16H15ClFNOS/c17-13-8-4-9-14(16(13)18)19-15(20)10-5-11-21-12-6-2-1-3-7-12/h1-4,6-9H,5,10-11H2,(H,19,20). The molecule has 0 spiro atoms. The third-order valence-corrected chi connectivity index (χ3v) is 4.18. The molecule has 0 aliphatic heterocycles. The van der Waals surface area contributed by atoms with Crippen LogP contribution >= 0.6 is 23.4 Å². The van der Waals surface area contributed by atoms with E-state index < -0.39 is 5.82 Å². The molecule has 110 valence electrons. The predicted molar refractivity (Wildman–Crippen MR) is 86.4 cm³/mol. The van der Waals surface area contributed by atoms with Gasteiger partial charge in [-0.25, -0.2) is 4.39 Å². The van der Waals surface area contributed by atoms with Crippen LogP contribution in [0.4, 0.5) is 10.1 Å². The Labute approximate surface area is 132 Å². The van der Waals surface area contributed by atoms with Crippen LogP contribution in [-0.4, -0.2) is 11.7 Å². The summed E-state index contributed by atoms with van der Waals surface area (Å²) < 4.78 is 13.6. The van der Waals surface area contributed by atoms with Gasteiger partial charge in [-0.3, -0.25) is 4.79 Å². The third kappa shape index (κ3) is 5.06. The normalized spacial score (nSPS) is 10.4. The summed E-state index contributed by atoms with van der Waals surface area (Å²) in [6.45, 7) is 0. The van der Waals surface area contributed by atoms with Gasteiger partial charge in [-0.05, 0) is 36.4 Å². The topological polar surface area (TPSA) is 29.1 Å². The van der Waals surface area contributed by atoms with Crippen molar-refractivity contribution in [2.75, 3.05) is 11.1 Å². The van der Waals surface area contributed by atoms with Crippen LogP contribution in [0.1, 0.15) is 12.8 Å². The molecule has 0 heterocycles. The SMILES string of the molecule is O=C(CCCSc1ccccc1)Nc1cccc(Cl)c1F. The fourth-order valence-electron chi connectivity index (χ4n) is 1.75. The Morgan fingerprint density at radius 2 is 1.90 bits per heavy atom. The number of carbonyl (C=O) groups is 1. The minimum absolute atomic E-state index is 0.00688. The molecule has 2 nitrogen and oxygen atoms in total. The fourth-order valence-corrected chi connectivity index (χ4v) is 2.80. The molecule has 5 heteroatoms. The first kappa shape index (κ1) is 15.9. The van der Waals surface area contributed by atoms with Crippen LogP contribution in [0.25, 0.3) is 0 Å². The number of rotatable bonds is 6. The minimum atomic E-state index is -0.592. The van der Waals surface area contributed by atoms with Gasteiger partial charge >= 0.3 is 0 Å².